The van der Waals surface area contributed by atoms with Gasteiger partial charge in [-0.1, -0.05) is 18.2 Å². The Hall–Kier alpha value is -3.87. The van der Waals surface area contributed by atoms with Crippen molar-refractivity contribution >= 4 is 34.5 Å². The van der Waals surface area contributed by atoms with Gasteiger partial charge in [0.25, 0.3) is 0 Å². The number of para-hydroxylation sites is 1. The zero-order valence-corrected chi connectivity index (χ0v) is 16.0. The van der Waals surface area contributed by atoms with Crippen LogP contribution in [0.25, 0.3) is 17.1 Å². The van der Waals surface area contributed by atoms with Crippen molar-refractivity contribution in [1.82, 2.24) is 9.97 Å². The zero-order chi connectivity index (χ0) is 20.4. The Labute approximate surface area is 167 Å². The summed E-state index contributed by atoms with van der Waals surface area (Å²) >= 11 is 0. The van der Waals surface area contributed by atoms with Gasteiger partial charge < -0.3 is 19.8 Å². The van der Waals surface area contributed by atoms with Gasteiger partial charge in [0.1, 0.15) is 5.65 Å². The van der Waals surface area contributed by atoms with E-state index in [0.29, 0.717) is 5.65 Å². The smallest absolute Gasteiger partial charge is 0.347 e. The molecule has 0 unspecified atom stereocenters. The molecule has 2 N–H and O–H groups in total. The molecule has 2 aromatic heterocycles. The first-order valence-corrected chi connectivity index (χ1v) is 9.19. The SMILES string of the molecule is CCOC(=O)C1=C(Nc2ccccc2C)O/C(=C\c2c[nH]c3ncccc23)C1=O. The highest BCUT2D eigenvalue weighted by Gasteiger charge is 2.37. The Morgan fingerprint density at radius 2 is 2.10 bits per heavy atom. The molecule has 7 heteroatoms. The van der Waals surface area contributed by atoms with Gasteiger partial charge in [-0.05, 0) is 43.7 Å². The fourth-order valence-corrected chi connectivity index (χ4v) is 3.08. The highest BCUT2D eigenvalue weighted by Crippen LogP contribution is 2.30. The Bertz CT molecular complexity index is 1170. The highest BCUT2D eigenvalue weighted by molar-refractivity contribution is 6.26. The summed E-state index contributed by atoms with van der Waals surface area (Å²) in [6.07, 6.45) is 5.00. The number of allylic oxidation sites excluding steroid dienone is 1. The van der Waals surface area contributed by atoms with Crippen molar-refractivity contribution in [3.05, 3.63) is 77.1 Å². The third-order valence-corrected chi connectivity index (χ3v) is 4.53. The number of carbonyl (C=O) groups is 2. The standard InChI is InChI=1S/C22H19N3O4/c1-3-28-22(27)18-19(26)17(11-14-12-24-20-15(14)8-6-10-23-20)29-21(18)25-16-9-5-4-7-13(16)2/h4-12,25H,3H2,1-2H3,(H,23,24)/b17-11-. The molecule has 0 fully saturated rings. The number of aromatic amines is 1. The van der Waals surface area contributed by atoms with E-state index in [-0.39, 0.29) is 23.8 Å². The third kappa shape index (κ3) is 3.50. The van der Waals surface area contributed by atoms with E-state index in [4.69, 9.17) is 9.47 Å². The van der Waals surface area contributed by atoms with Crippen LogP contribution in [0, 0.1) is 6.92 Å². The van der Waals surface area contributed by atoms with E-state index in [1.54, 1.807) is 25.4 Å². The van der Waals surface area contributed by atoms with Crippen LogP contribution in [0.1, 0.15) is 18.1 Å². The minimum atomic E-state index is -0.724. The predicted molar refractivity (Wildman–Crippen MR) is 109 cm³/mol. The largest absolute Gasteiger partial charge is 0.462 e. The lowest BCUT2D eigenvalue weighted by Crippen LogP contribution is -2.16. The lowest BCUT2D eigenvalue weighted by atomic mass is 10.1. The number of anilines is 1. The van der Waals surface area contributed by atoms with Crippen molar-refractivity contribution < 1.29 is 19.1 Å². The number of benzene rings is 1. The van der Waals surface area contributed by atoms with Crippen molar-refractivity contribution in [2.24, 2.45) is 0 Å². The van der Waals surface area contributed by atoms with Crippen molar-refractivity contribution in [1.29, 1.82) is 0 Å². The first kappa shape index (κ1) is 18.5. The molecule has 3 aromatic rings. The van der Waals surface area contributed by atoms with Gasteiger partial charge in [0, 0.05) is 29.0 Å². The van der Waals surface area contributed by atoms with Crippen LogP contribution in [0.15, 0.2) is 66.0 Å². The zero-order valence-electron chi connectivity index (χ0n) is 16.0. The molecule has 7 nitrogen and oxygen atoms in total. The van der Waals surface area contributed by atoms with Crippen LogP contribution in [0.5, 0.6) is 0 Å². The summed E-state index contributed by atoms with van der Waals surface area (Å²) in [7, 11) is 0. The Morgan fingerprint density at radius 1 is 1.28 bits per heavy atom. The van der Waals surface area contributed by atoms with Gasteiger partial charge in [-0.15, -0.1) is 0 Å². The van der Waals surface area contributed by atoms with Crippen molar-refractivity contribution in [3.63, 3.8) is 0 Å². The second-order valence-electron chi connectivity index (χ2n) is 6.45. The molecule has 146 valence electrons. The number of esters is 1. The van der Waals surface area contributed by atoms with E-state index >= 15 is 0 Å². The number of ether oxygens (including phenoxy) is 2. The average Bonchev–Trinajstić information content (AvgIpc) is 3.25. The summed E-state index contributed by atoms with van der Waals surface area (Å²) < 4.78 is 10.8. The lowest BCUT2D eigenvalue weighted by molar-refractivity contribution is -0.139. The van der Waals surface area contributed by atoms with Crippen LogP contribution in [-0.4, -0.2) is 28.3 Å². The average molecular weight is 389 g/mol. The van der Waals surface area contributed by atoms with Crippen LogP contribution in [0.3, 0.4) is 0 Å². The number of rotatable bonds is 5. The number of ketones is 1. The fraction of sp³-hybridized carbons (Fsp3) is 0.136. The highest BCUT2D eigenvalue weighted by atomic mass is 16.5. The van der Waals surface area contributed by atoms with E-state index < -0.39 is 11.8 Å². The van der Waals surface area contributed by atoms with E-state index in [0.717, 1.165) is 22.2 Å². The van der Waals surface area contributed by atoms with Crippen molar-refractivity contribution in [2.75, 3.05) is 11.9 Å². The number of aromatic nitrogens is 2. The Balaban J connectivity index is 1.72. The van der Waals surface area contributed by atoms with E-state index in [2.05, 4.69) is 15.3 Å². The number of fused-ring (bicyclic) bond motifs is 1. The number of Topliss-reactive ketones (excluding diaryl/α,β-unsaturated/α-hetero) is 1. The lowest BCUT2D eigenvalue weighted by Gasteiger charge is -2.10. The first-order valence-electron chi connectivity index (χ1n) is 9.19. The minimum Gasteiger partial charge on any atom is -0.462 e. The second kappa shape index (κ2) is 7.63. The van der Waals surface area contributed by atoms with Gasteiger partial charge >= 0.3 is 5.97 Å². The van der Waals surface area contributed by atoms with Gasteiger partial charge in [-0.25, -0.2) is 9.78 Å². The Morgan fingerprint density at radius 3 is 2.90 bits per heavy atom. The summed E-state index contributed by atoms with van der Waals surface area (Å²) in [5.74, 6) is -1.16. The maximum Gasteiger partial charge on any atom is 0.347 e. The topological polar surface area (TPSA) is 93.3 Å². The van der Waals surface area contributed by atoms with Gasteiger partial charge in [-0.2, -0.15) is 0 Å². The van der Waals surface area contributed by atoms with E-state index in [1.807, 2.05) is 43.3 Å². The quantitative estimate of drug-likeness (QED) is 0.393. The van der Waals surface area contributed by atoms with Crippen LogP contribution < -0.4 is 5.32 Å². The molecule has 0 spiro atoms. The monoisotopic (exact) mass is 389 g/mol. The summed E-state index contributed by atoms with van der Waals surface area (Å²) in [6.45, 7) is 3.75. The number of hydrogen-bond acceptors (Lipinski definition) is 6. The molecule has 0 amide bonds. The molecular weight excluding hydrogens is 370 g/mol. The summed E-state index contributed by atoms with van der Waals surface area (Å²) in [5.41, 5.74) is 2.95. The molecule has 0 saturated carbocycles. The molecule has 29 heavy (non-hydrogen) atoms. The number of nitrogens with one attached hydrogen (secondary N) is 2. The molecule has 0 aliphatic carbocycles. The predicted octanol–water partition coefficient (Wildman–Crippen LogP) is 3.70. The summed E-state index contributed by atoms with van der Waals surface area (Å²) in [4.78, 5) is 32.7. The van der Waals surface area contributed by atoms with E-state index in [9.17, 15) is 9.59 Å². The van der Waals surface area contributed by atoms with Crippen LogP contribution >= 0.6 is 0 Å². The number of aryl methyl sites for hydroxylation is 1. The fourth-order valence-electron chi connectivity index (χ4n) is 3.08. The maximum absolute atomic E-state index is 13.0. The summed E-state index contributed by atoms with van der Waals surface area (Å²) in [6, 6.07) is 11.2. The number of H-pyrrole nitrogens is 1. The molecule has 1 aliphatic heterocycles. The van der Waals surface area contributed by atoms with Crippen LogP contribution in [0.4, 0.5) is 5.69 Å². The molecule has 3 heterocycles. The van der Waals surface area contributed by atoms with Crippen LogP contribution in [-0.2, 0) is 19.1 Å². The van der Waals surface area contributed by atoms with Crippen molar-refractivity contribution in [3.8, 4) is 0 Å². The molecule has 0 saturated heterocycles. The Kier molecular flexibility index (Phi) is 4.87. The number of nitrogens with zero attached hydrogens (tertiary/aromatic N) is 1. The first-order chi connectivity index (χ1) is 14.1. The maximum atomic E-state index is 13.0. The molecule has 4 rings (SSSR count). The van der Waals surface area contributed by atoms with Gasteiger partial charge in [0.2, 0.25) is 11.7 Å². The third-order valence-electron chi connectivity index (χ3n) is 4.53. The van der Waals surface area contributed by atoms with Gasteiger partial charge in [0.15, 0.2) is 11.3 Å². The van der Waals surface area contributed by atoms with Gasteiger partial charge in [0.05, 0.1) is 6.61 Å². The second-order valence-corrected chi connectivity index (χ2v) is 6.45. The van der Waals surface area contributed by atoms with E-state index in [1.165, 1.54) is 0 Å². The minimum absolute atomic E-state index is 0.0360. The number of hydrogen-bond donors (Lipinski definition) is 2. The summed E-state index contributed by atoms with van der Waals surface area (Å²) in [5, 5.41) is 3.89. The molecule has 1 aliphatic rings. The van der Waals surface area contributed by atoms with Crippen molar-refractivity contribution in [2.45, 2.75) is 13.8 Å². The molecule has 0 bridgehead atoms. The molecule has 0 radical (unpaired) electrons. The normalized spacial score (nSPS) is 15.1. The molecular formula is C22H19N3O4. The molecule has 1 aromatic carbocycles. The number of carbonyl (C=O) groups excluding carboxylic acids is 2. The molecule has 0 atom stereocenters. The van der Waals surface area contributed by atoms with Gasteiger partial charge in [-0.3, -0.25) is 4.79 Å². The number of pyridine rings is 1. The van der Waals surface area contributed by atoms with Crippen LogP contribution in [0.2, 0.25) is 0 Å².